The van der Waals surface area contributed by atoms with Gasteiger partial charge in [0.15, 0.2) is 0 Å². The summed E-state index contributed by atoms with van der Waals surface area (Å²) < 4.78 is 5.03. The van der Waals surface area contributed by atoms with Crippen molar-refractivity contribution >= 4 is 17.8 Å². The third-order valence-electron chi connectivity index (χ3n) is 3.82. The van der Waals surface area contributed by atoms with Gasteiger partial charge in [-0.25, -0.2) is 4.79 Å². The summed E-state index contributed by atoms with van der Waals surface area (Å²) in [6, 6.07) is 8.42. The molecule has 0 spiro atoms. The van der Waals surface area contributed by atoms with Crippen LogP contribution in [0.15, 0.2) is 34.9 Å². The van der Waals surface area contributed by atoms with Crippen LogP contribution in [0.1, 0.15) is 22.6 Å². The first-order chi connectivity index (χ1) is 11.0. The smallest absolute Gasteiger partial charge is 0.334 e. The van der Waals surface area contributed by atoms with Gasteiger partial charge in [-0.05, 0) is 19.4 Å². The summed E-state index contributed by atoms with van der Waals surface area (Å²) in [6.07, 6.45) is 0. The molecule has 7 nitrogen and oxygen atoms in total. The fourth-order valence-electron chi connectivity index (χ4n) is 2.48. The molecule has 1 aliphatic heterocycles. The summed E-state index contributed by atoms with van der Waals surface area (Å²) in [5.41, 5.74) is 2.01. The van der Waals surface area contributed by atoms with E-state index in [1.807, 2.05) is 18.2 Å². The number of amides is 4. The number of imide groups is 2. The van der Waals surface area contributed by atoms with Crippen LogP contribution < -0.4 is 0 Å². The van der Waals surface area contributed by atoms with Crippen LogP contribution in [-0.2, 0) is 22.7 Å². The van der Waals surface area contributed by atoms with Gasteiger partial charge < -0.3 is 4.52 Å². The lowest BCUT2D eigenvalue weighted by molar-refractivity contribution is -0.143. The van der Waals surface area contributed by atoms with E-state index < -0.39 is 17.8 Å². The molecule has 0 bridgehead atoms. The summed E-state index contributed by atoms with van der Waals surface area (Å²) in [5.74, 6) is -1.12. The maximum Gasteiger partial charge on any atom is 0.334 e. The molecule has 0 aliphatic carbocycles. The van der Waals surface area contributed by atoms with Gasteiger partial charge >= 0.3 is 17.8 Å². The van der Waals surface area contributed by atoms with E-state index in [1.54, 1.807) is 26.0 Å². The van der Waals surface area contributed by atoms with Crippen LogP contribution in [0.25, 0.3) is 0 Å². The molecule has 2 heterocycles. The normalized spacial score (nSPS) is 15.0. The van der Waals surface area contributed by atoms with Crippen molar-refractivity contribution in [3.8, 4) is 0 Å². The third-order valence-corrected chi connectivity index (χ3v) is 3.82. The molecule has 23 heavy (non-hydrogen) atoms. The summed E-state index contributed by atoms with van der Waals surface area (Å²) in [6.45, 7) is 3.47. The zero-order valence-electron chi connectivity index (χ0n) is 12.8. The van der Waals surface area contributed by atoms with Gasteiger partial charge in [-0.2, -0.15) is 0 Å². The van der Waals surface area contributed by atoms with E-state index in [1.165, 1.54) is 0 Å². The monoisotopic (exact) mass is 313 g/mol. The SMILES string of the molecule is Cc1noc(C)c1CN1C(=O)C(=O)N(Cc2ccccc2)C1=O. The van der Waals surface area contributed by atoms with Crippen molar-refractivity contribution in [2.45, 2.75) is 26.9 Å². The fourth-order valence-corrected chi connectivity index (χ4v) is 2.48. The van der Waals surface area contributed by atoms with E-state index >= 15 is 0 Å². The highest BCUT2D eigenvalue weighted by atomic mass is 16.5. The molecule has 4 amide bonds. The van der Waals surface area contributed by atoms with E-state index in [0.717, 1.165) is 15.4 Å². The molecule has 0 atom stereocenters. The Balaban J connectivity index is 1.82. The Hall–Kier alpha value is -2.96. The van der Waals surface area contributed by atoms with Gasteiger partial charge in [0, 0.05) is 5.56 Å². The van der Waals surface area contributed by atoms with Gasteiger partial charge in [-0.1, -0.05) is 35.5 Å². The molecular weight excluding hydrogens is 298 g/mol. The molecule has 0 saturated carbocycles. The molecule has 1 fully saturated rings. The zero-order chi connectivity index (χ0) is 16.6. The van der Waals surface area contributed by atoms with Gasteiger partial charge in [0.1, 0.15) is 5.76 Å². The Morgan fingerprint density at radius 2 is 1.57 bits per heavy atom. The Labute approximate surface area is 132 Å². The molecule has 7 heteroatoms. The molecule has 0 radical (unpaired) electrons. The van der Waals surface area contributed by atoms with Crippen molar-refractivity contribution in [2.24, 2.45) is 0 Å². The quantitative estimate of drug-likeness (QED) is 0.634. The minimum absolute atomic E-state index is 0.0180. The number of rotatable bonds is 4. The van der Waals surface area contributed by atoms with Crippen molar-refractivity contribution in [2.75, 3.05) is 0 Å². The summed E-state index contributed by atoms with van der Waals surface area (Å²) in [5, 5.41) is 3.79. The number of aryl methyl sites for hydroxylation is 2. The van der Waals surface area contributed by atoms with Crippen molar-refractivity contribution in [1.82, 2.24) is 15.0 Å². The number of carbonyl (C=O) groups is 3. The van der Waals surface area contributed by atoms with E-state index in [9.17, 15) is 14.4 Å². The van der Waals surface area contributed by atoms with Crippen molar-refractivity contribution in [1.29, 1.82) is 0 Å². The highest BCUT2D eigenvalue weighted by Gasteiger charge is 2.44. The van der Waals surface area contributed by atoms with Crippen LogP contribution in [0.3, 0.4) is 0 Å². The lowest BCUT2D eigenvalue weighted by Crippen LogP contribution is -2.33. The second-order valence-electron chi connectivity index (χ2n) is 5.35. The first kappa shape index (κ1) is 15.0. The van der Waals surface area contributed by atoms with Crippen molar-refractivity contribution in [3.63, 3.8) is 0 Å². The van der Waals surface area contributed by atoms with E-state index in [-0.39, 0.29) is 13.1 Å². The van der Waals surface area contributed by atoms with Gasteiger partial charge in [0.25, 0.3) is 0 Å². The van der Waals surface area contributed by atoms with Gasteiger partial charge in [-0.3, -0.25) is 19.4 Å². The highest BCUT2D eigenvalue weighted by molar-refractivity contribution is 6.44. The maximum atomic E-state index is 12.4. The number of benzene rings is 1. The lowest BCUT2D eigenvalue weighted by Gasteiger charge is -2.15. The second kappa shape index (κ2) is 5.68. The average molecular weight is 313 g/mol. The molecular formula is C16H15N3O4. The molecule has 0 unspecified atom stereocenters. The fraction of sp³-hybridized carbons (Fsp3) is 0.250. The van der Waals surface area contributed by atoms with Crippen molar-refractivity contribution < 1.29 is 18.9 Å². The second-order valence-corrected chi connectivity index (χ2v) is 5.35. The highest BCUT2D eigenvalue weighted by Crippen LogP contribution is 2.21. The summed E-state index contributed by atoms with van der Waals surface area (Å²) in [7, 11) is 0. The zero-order valence-corrected chi connectivity index (χ0v) is 12.8. The van der Waals surface area contributed by atoms with Crippen LogP contribution >= 0.6 is 0 Å². The molecule has 2 aromatic rings. The lowest BCUT2D eigenvalue weighted by atomic mass is 10.2. The summed E-state index contributed by atoms with van der Waals surface area (Å²) >= 11 is 0. The molecule has 1 aliphatic rings. The van der Waals surface area contributed by atoms with Crippen LogP contribution in [0, 0.1) is 13.8 Å². The standard InChI is InChI=1S/C16H15N3O4/c1-10-13(11(2)23-17-10)9-19-15(21)14(20)18(16(19)22)8-12-6-4-3-5-7-12/h3-7H,8-9H2,1-2H3. The molecule has 3 rings (SSSR count). The van der Waals surface area contributed by atoms with Gasteiger partial charge in [0.2, 0.25) is 0 Å². The number of nitrogens with zero attached hydrogens (tertiary/aromatic N) is 3. The molecule has 1 saturated heterocycles. The van der Waals surface area contributed by atoms with Crippen LogP contribution in [0.5, 0.6) is 0 Å². The maximum absolute atomic E-state index is 12.4. The first-order valence-electron chi connectivity index (χ1n) is 7.12. The molecule has 0 N–H and O–H groups in total. The topological polar surface area (TPSA) is 83.7 Å². The van der Waals surface area contributed by atoms with Gasteiger partial charge in [-0.15, -0.1) is 0 Å². The molecule has 1 aromatic heterocycles. The van der Waals surface area contributed by atoms with Crippen LogP contribution in [0.2, 0.25) is 0 Å². The predicted octanol–water partition coefficient (Wildman–Crippen LogP) is 1.78. The number of hydrogen-bond donors (Lipinski definition) is 0. The number of hydrogen-bond acceptors (Lipinski definition) is 5. The van der Waals surface area contributed by atoms with Gasteiger partial charge in [0.05, 0.1) is 18.8 Å². The number of aromatic nitrogens is 1. The van der Waals surface area contributed by atoms with Crippen LogP contribution in [0.4, 0.5) is 4.79 Å². The first-order valence-corrected chi connectivity index (χ1v) is 7.12. The summed E-state index contributed by atoms with van der Waals surface area (Å²) in [4.78, 5) is 38.6. The Kier molecular flexibility index (Phi) is 3.69. The largest absolute Gasteiger partial charge is 0.361 e. The minimum atomic E-state index is -0.828. The average Bonchev–Trinajstić information content (AvgIpc) is 2.96. The number of urea groups is 1. The third kappa shape index (κ3) is 2.61. The van der Waals surface area contributed by atoms with Crippen LogP contribution in [-0.4, -0.2) is 32.8 Å². The Morgan fingerprint density at radius 3 is 2.13 bits per heavy atom. The number of carbonyl (C=O) groups excluding carboxylic acids is 3. The Morgan fingerprint density at radius 1 is 0.957 bits per heavy atom. The Bertz CT molecular complexity index is 762. The van der Waals surface area contributed by atoms with E-state index in [0.29, 0.717) is 17.0 Å². The molecule has 118 valence electrons. The van der Waals surface area contributed by atoms with Crippen molar-refractivity contribution in [3.05, 3.63) is 52.9 Å². The molecule has 1 aromatic carbocycles. The minimum Gasteiger partial charge on any atom is -0.361 e. The predicted molar refractivity (Wildman–Crippen MR) is 78.9 cm³/mol. The van der Waals surface area contributed by atoms with E-state index in [4.69, 9.17) is 4.52 Å². The van der Waals surface area contributed by atoms with E-state index in [2.05, 4.69) is 5.16 Å².